The van der Waals surface area contributed by atoms with Gasteiger partial charge in [0.1, 0.15) is 11.5 Å². The lowest BCUT2D eigenvalue weighted by Gasteiger charge is -2.08. The summed E-state index contributed by atoms with van der Waals surface area (Å²) in [6, 6.07) is 4.31. The van der Waals surface area contributed by atoms with E-state index in [0.717, 1.165) is 0 Å². The Kier molecular flexibility index (Phi) is 5.94. The largest absolute Gasteiger partial charge is 0.508 e. The number of benzene rings is 1. The molecule has 0 spiro atoms. The van der Waals surface area contributed by atoms with Gasteiger partial charge < -0.3 is 14.7 Å². The van der Waals surface area contributed by atoms with Gasteiger partial charge in [-0.1, -0.05) is 0 Å². The van der Waals surface area contributed by atoms with Crippen LogP contribution in [0, 0.1) is 10.1 Å². The Morgan fingerprint density at radius 2 is 2.21 bits per heavy atom. The maximum atomic E-state index is 11.5. The first-order valence-corrected chi connectivity index (χ1v) is 6.07. The Bertz CT molecular complexity index is 464. The minimum atomic E-state index is -0.912. The van der Waals surface area contributed by atoms with E-state index >= 15 is 0 Å². The van der Waals surface area contributed by atoms with Crippen molar-refractivity contribution in [1.29, 1.82) is 0 Å². The first-order valence-electron chi connectivity index (χ1n) is 5.43. The van der Waals surface area contributed by atoms with E-state index < -0.39 is 11.1 Å². The van der Waals surface area contributed by atoms with Gasteiger partial charge in [0.15, 0.2) is 0 Å². The lowest BCUT2D eigenvalue weighted by Crippen LogP contribution is -2.11. The van der Waals surface area contributed by atoms with Crippen molar-refractivity contribution in [3.05, 3.63) is 33.9 Å². The van der Waals surface area contributed by atoms with Gasteiger partial charge in [-0.05, 0) is 24.6 Å². The summed E-state index contributed by atoms with van der Waals surface area (Å²) in [4.78, 5) is 25.4. The molecule has 1 aromatic carbocycles. The zero-order chi connectivity index (χ0) is 14.3. The third-order valence-corrected chi connectivity index (χ3v) is 2.50. The van der Waals surface area contributed by atoms with Crippen molar-refractivity contribution in [1.82, 2.24) is 0 Å². The van der Waals surface area contributed by atoms with Crippen LogP contribution in [0.25, 0.3) is 0 Å². The van der Waals surface area contributed by atoms with Crippen LogP contribution in [0.4, 0.5) is 0 Å². The van der Waals surface area contributed by atoms with Gasteiger partial charge in [-0.25, -0.2) is 0 Å². The normalized spacial score (nSPS) is 9.95. The standard InChI is InChI=1S/C11H13NO6S/c13-9-3-4-10(8(6-9)7-19)18-11(14)2-1-5-17-12(15)16/h3-4,6,13,19H,1-2,5,7H2. The van der Waals surface area contributed by atoms with Crippen LogP contribution in [-0.2, 0) is 15.4 Å². The topological polar surface area (TPSA) is 98.9 Å². The highest BCUT2D eigenvalue weighted by molar-refractivity contribution is 7.79. The van der Waals surface area contributed by atoms with E-state index in [1.807, 2.05) is 0 Å². The number of carbonyl (C=O) groups is 1. The Balaban J connectivity index is 2.46. The summed E-state index contributed by atoms with van der Waals surface area (Å²) in [6.07, 6.45) is 0.189. The zero-order valence-electron chi connectivity index (χ0n) is 9.94. The van der Waals surface area contributed by atoms with Crippen LogP contribution in [-0.4, -0.2) is 22.8 Å². The quantitative estimate of drug-likeness (QED) is 0.198. The molecule has 104 valence electrons. The molecule has 19 heavy (non-hydrogen) atoms. The molecule has 0 heterocycles. The van der Waals surface area contributed by atoms with Crippen LogP contribution in [0.1, 0.15) is 18.4 Å². The van der Waals surface area contributed by atoms with Crippen molar-refractivity contribution in [3.63, 3.8) is 0 Å². The van der Waals surface area contributed by atoms with Crippen LogP contribution in [0.3, 0.4) is 0 Å². The number of phenols is 1. The number of carbonyl (C=O) groups excluding carboxylic acids is 1. The van der Waals surface area contributed by atoms with E-state index in [2.05, 4.69) is 17.5 Å². The minimum absolute atomic E-state index is 0.000722. The van der Waals surface area contributed by atoms with Gasteiger partial charge in [-0.2, -0.15) is 12.6 Å². The smallest absolute Gasteiger partial charge is 0.311 e. The molecular formula is C11H13NO6S. The van der Waals surface area contributed by atoms with Crippen molar-refractivity contribution >= 4 is 18.6 Å². The fraction of sp³-hybridized carbons (Fsp3) is 0.364. The van der Waals surface area contributed by atoms with E-state index in [1.165, 1.54) is 18.2 Å². The van der Waals surface area contributed by atoms with Crippen molar-refractivity contribution in [3.8, 4) is 11.5 Å². The highest BCUT2D eigenvalue weighted by Gasteiger charge is 2.09. The monoisotopic (exact) mass is 287 g/mol. The van der Waals surface area contributed by atoms with Crippen LogP contribution < -0.4 is 4.74 Å². The van der Waals surface area contributed by atoms with Gasteiger partial charge in [0.2, 0.25) is 0 Å². The van der Waals surface area contributed by atoms with Gasteiger partial charge in [0.25, 0.3) is 5.09 Å². The Labute approximate surface area is 114 Å². The average Bonchev–Trinajstić information content (AvgIpc) is 2.36. The lowest BCUT2D eigenvalue weighted by atomic mass is 10.2. The van der Waals surface area contributed by atoms with Crippen LogP contribution >= 0.6 is 12.6 Å². The van der Waals surface area contributed by atoms with E-state index in [0.29, 0.717) is 17.1 Å². The number of hydrogen-bond donors (Lipinski definition) is 2. The third kappa shape index (κ3) is 5.47. The van der Waals surface area contributed by atoms with E-state index in [9.17, 15) is 20.0 Å². The van der Waals surface area contributed by atoms with E-state index in [4.69, 9.17) is 4.74 Å². The number of phenolic OH excluding ortho intramolecular Hbond substituents is 1. The predicted octanol–water partition coefficient (Wildman–Crippen LogP) is 1.72. The number of hydrogen-bond acceptors (Lipinski definition) is 7. The summed E-state index contributed by atoms with van der Waals surface area (Å²) >= 11 is 4.06. The molecule has 0 aliphatic carbocycles. The van der Waals surface area contributed by atoms with Gasteiger partial charge in [0.05, 0.1) is 6.61 Å². The summed E-state index contributed by atoms with van der Waals surface area (Å²) in [5.74, 6) is 0.151. The highest BCUT2D eigenvalue weighted by Crippen LogP contribution is 2.25. The minimum Gasteiger partial charge on any atom is -0.508 e. The fourth-order valence-electron chi connectivity index (χ4n) is 1.32. The summed E-state index contributed by atoms with van der Waals surface area (Å²) in [7, 11) is 0. The molecule has 0 aliphatic rings. The number of aromatic hydroxyl groups is 1. The van der Waals surface area contributed by atoms with E-state index in [1.54, 1.807) is 0 Å². The van der Waals surface area contributed by atoms with Gasteiger partial charge >= 0.3 is 5.97 Å². The molecule has 0 amide bonds. The predicted molar refractivity (Wildman–Crippen MR) is 68.6 cm³/mol. The van der Waals surface area contributed by atoms with Crippen LogP contribution in [0.15, 0.2) is 18.2 Å². The fourth-order valence-corrected chi connectivity index (χ4v) is 1.57. The molecule has 0 unspecified atom stereocenters. The molecule has 1 aromatic rings. The van der Waals surface area contributed by atoms with Crippen molar-refractivity contribution in [2.45, 2.75) is 18.6 Å². The maximum Gasteiger partial charge on any atom is 0.311 e. The molecule has 1 N–H and O–H groups in total. The number of rotatable bonds is 7. The molecule has 0 atom stereocenters. The molecule has 0 saturated carbocycles. The Morgan fingerprint density at radius 1 is 1.47 bits per heavy atom. The SMILES string of the molecule is O=C(CCCO[N+](=O)[O-])Oc1ccc(O)cc1CS. The van der Waals surface area contributed by atoms with Gasteiger partial charge in [-0.3, -0.25) is 4.79 Å². The third-order valence-electron chi connectivity index (χ3n) is 2.16. The molecule has 0 radical (unpaired) electrons. The Hall–Kier alpha value is -1.96. The highest BCUT2D eigenvalue weighted by atomic mass is 32.1. The maximum absolute atomic E-state index is 11.5. The van der Waals surface area contributed by atoms with Crippen LogP contribution in [0.5, 0.6) is 11.5 Å². The molecule has 0 fully saturated rings. The molecule has 0 saturated heterocycles. The molecule has 0 aromatic heterocycles. The molecule has 7 nitrogen and oxygen atoms in total. The summed E-state index contributed by atoms with van der Waals surface area (Å²) in [5, 5.41) is 18.2. The van der Waals surface area contributed by atoms with Crippen molar-refractivity contribution in [2.75, 3.05) is 6.61 Å². The first-order chi connectivity index (χ1) is 9.02. The van der Waals surface area contributed by atoms with Gasteiger partial charge in [-0.15, -0.1) is 10.1 Å². The first kappa shape index (κ1) is 15.1. The summed E-state index contributed by atoms with van der Waals surface area (Å²) < 4.78 is 5.07. The molecule has 0 bridgehead atoms. The van der Waals surface area contributed by atoms with Gasteiger partial charge in [0, 0.05) is 17.7 Å². The lowest BCUT2D eigenvalue weighted by molar-refractivity contribution is -0.757. The number of nitrogens with zero attached hydrogens (tertiary/aromatic N) is 1. The molecule has 0 aliphatic heterocycles. The molecule has 1 rings (SSSR count). The Morgan fingerprint density at radius 3 is 2.84 bits per heavy atom. The number of thiol groups is 1. The second kappa shape index (κ2) is 7.47. The number of ether oxygens (including phenoxy) is 1. The summed E-state index contributed by atoms with van der Waals surface area (Å²) in [6.45, 7) is -0.156. The number of esters is 1. The van der Waals surface area contributed by atoms with Crippen molar-refractivity contribution in [2.24, 2.45) is 0 Å². The zero-order valence-corrected chi connectivity index (χ0v) is 10.8. The second-order valence-corrected chi connectivity index (χ2v) is 3.90. The van der Waals surface area contributed by atoms with E-state index in [-0.39, 0.29) is 25.2 Å². The average molecular weight is 287 g/mol. The summed E-state index contributed by atoms with van der Waals surface area (Å²) in [5.41, 5.74) is 0.582. The molecule has 8 heteroatoms. The van der Waals surface area contributed by atoms with Crippen molar-refractivity contribution < 1.29 is 24.6 Å². The second-order valence-electron chi connectivity index (χ2n) is 3.58. The van der Waals surface area contributed by atoms with Crippen LogP contribution in [0.2, 0.25) is 0 Å². The molecular weight excluding hydrogens is 274 g/mol.